The highest BCUT2D eigenvalue weighted by molar-refractivity contribution is 6.28. The summed E-state index contributed by atoms with van der Waals surface area (Å²) in [7, 11) is 0. The third-order valence-electron chi connectivity index (χ3n) is 7.26. The molecule has 3 aromatic heterocycles. The second-order valence-corrected chi connectivity index (χ2v) is 9.56. The van der Waals surface area contributed by atoms with Crippen molar-refractivity contribution in [3.63, 3.8) is 0 Å². The first-order valence-electron chi connectivity index (χ1n) is 12.7. The Morgan fingerprint density at radius 3 is 1.58 bits per heavy atom. The molecule has 0 aliphatic carbocycles. The van der Waals surface area contributed by atoms with Crippen molar-refractivity contribution in [3.8, 4) is 33.6 Å². The van der Waals surface area contributed by atoms with Crippen molar-refractivity contribution < 1.29 is 8.83 Å². The highest BCUT2D eigenvalue weighted by Gasteiger charge is 2.21. The second kappa shape index (κ2) is 8.19. The molecule has 3 heteroatoms. The van der Waals surface area contributed by atoms with Gasteiger partial charge in [-0.3, -0.25) is 0 Å². The fourth-order valence-corrected chi connectivity index (χ4v) is 5.52. The molecule has 3 nitrogen and oxygen atoms in total. The molecule has 3 heterocycles. The Morgan fingerprint density at radius 1 is 0.421 bits per heavy atom. The average Bonchev–Trinajstić information content (AvgIpc) is 3.55. The van der Waals surface area contributed by atoms with Crippen LogP contribution in [0.15, 0.2) is 136 Å². The third-order valence-corrected chi connectivity index (χ3v) is 7.26. The summed E-state index contributed by atoms with van der Waals surface area (Å²) in [5.74, 6) is 0. The average molecular weight is 488 g/mol. The van der Waals surface area contributed by atoms with Gasteiger partial charge >= 0.3 is 0 Å². The van der Waals surface area contributed by atoms with Gasteiger partial charge in [0.2, 0.25) is 0 Å². The summed E-state index contributed by atoms with van der Waals surface area (Å²) in [5, 5.41) is 4.35. The van der Waals surface area contributed by atoms with E-state index in [1.165, 1.54) is 0 Å². The monoisotopic (exact) mass is 487 g/mol. The van der Waals surface area contributed by atoms with Gasteiger partial charge in [0, 0.05) is 38.2 Å². The number of hydrogen-bond acceptors (Lipinski definition) is 3. The molecule has 38 heavy (non-hydrogen) atoms. The number of pyridine rings is 1. The molecular weight excluding hydrogens is 466 g/mol. The minimum absolute atomic E-state index is 0.847. The maximum absolute atomic E-state index is 6.59. The molecule has 0 aliphatic heterocycles. The van der Waals surface area contributed by atoms with Crippen molar-refractivity contribution in [1.82, 2.24) is 4.98 Å². The van der Waals surface area contributed by atoms with Crippen molar-refractivity contribution >= 4 is 43.9 Å². The van der Waals surface area contributed by atoms with Crippen LogP contribution in [0.3, 0.4) is 0 Å². The van der Waals surface area contributed by atoms with E-state index >= 15 is 0 Å². The zero-order chi connectivity index (χ0) is 25.1. The molecule has 0 unspecified atom stereocenters. The standard InChI is InChI=1S/C35H21NO2/c1-3-11-22(12-4-1)28-19-24(20-29(36-28)23-13-5-2-6-14-23)27-21-32-33(25-15-7-9-17-30(25)37-32)34-26-16-8-10-18-31(26)38-35(27)34/h1-21H. The third kappa shape index (κ3) is 3.19. The van der Waals surface area contributed by atoms with E-state index in [1.54, 1.807) is 0 Å². The summed E-state index contributed by atoms with van der Waals surface area (Å²) in [5.41, 5.74) is 9.41. The summed E-state index contributed by atoms with van der Waals surface area (Å²) in [6.45, 7) is 0. The van der Waals surface area contributed by atoms with Gasteiger partial charge in [-0.15, -0.1) is 0 Å². The summed E-state index contributed by atoms with van der Waals surface area (Å²) >= 11 is 0. The SMILES string of the molecule is c1ccc(-c2cc(-c3cc4oc5ccccc5c4c4c3oc3ccccc34)cc(-c3ccccc3)n2)cc1. The summed E-state index contributed by atoms with van der Waals surface area (Å²) in [4.78, 5) is 5.07. The van der Waals surface area contributed by atoms with Gasteiger partial charge in [-0.1, -0.05) is 97.1 Å². The van der Waals surface area contributed by atoms with Crippen molar-refractivity contribution in [2.45, 2.75) is 0 Å². The quantitative estimate of drug-likeness (QED) is 0.249. The minimum atomic E-state index is 0.847. The van der Waals surface area contributed by atoms with Gasteiger partial charge < -0.3 is 8.83 Å². The fraction of sp³-hybridized carbons (Fsp3) is 0. The lowest BCUT2D eigenvalue weighted by Gasteiger charge is -2.11. The smallest absolute Gasteiger partial charge is 0.144 e. The molecular formula is C35H21NO2. The summed E-state index contributed by atoms with van der Waals surface area (Å²) in [6.07, 6.45) is 0. The van der Waals surface area contributed by atoms with Crippen molar-refractivity contribution in [1.29, 1.82) is 0 Å². The predicted molar refractivity (Wildman–Crippen MR) is 155 cm³/mol. The molecule has 0 N–H and O–H groups in total. The van der Waals surface area contributed by atoms with Gasteiger partial charge in [-0.05, 0) is 35.9 Å². The first-order chi connectivity index (χ1) is 18.8. The van der Waals surface area contributed by atoms with Crippen LogP contribution in [-0.4, -0.2) is 4.98 Å². The van der Waals surface area contributed by atoms with Crippen LogP contribution in [0.25, 0.3) is 77.5 Å². The summed E-state index contributed by atoms with van der Waals surface area (Å²) in [6, 6.07) is 43.5. The van der Waals surface area contributed by atoms with E-state index in [1.807, 2.05) is 60.7 Å². The zero-order valence-corrected chi connectivity index (χ0v) is 20.4. The highest BCUT2D eigenvalue weighted by atomic mass is 16.3. The van der Waals surface area contributed by atoms with E-state index in [4.69, 9.17) is 13.8 Å². The maximum Gasteiger partial charge on any atom is 0.144 e. The van der Waals surface area contributed by atoms with Gasteiger partial charge in [0.05, 0.1) is 11.4 Å². The lowest BCUT2D eigenvalue weighted by atomic mass is 9.96. The molecule has 0 atom stereocenters. The van der Waals surface area contributed by atoms with Crippen LogP contribution in [0, 0.1) is 0 Å². The number of fused-ring (bicyclic) bond motifs is 7. The highest BCUT2D eigenvalue weighted by Crippen LogP contribution is 2.45. The first kappa shape index (κ1) is 21.0. The van der Waals surface area contributed by atoms with Crippen molar-refractivity contribution in [2.24, 2.45) is 0 Å². The Balaban J connectivity index is 1.50. The molecule has 0 fully saturated rings. The molecule has 0 radical (unpaired) electrons. The van der Waals surface area contributed by atoms with Crippen LogP contribution in [0.4, 0.5) is 0 Å². The van der Waals surface area contributed by atoms with E-state index in [2.05, 4.69) is 66.7 Å². The van der Waals surface area contributed by atoms with Crippen LogP contribution < -0.4 is 0 Å². The Labute approximate surface area is 218 Å². The van der Waals surface area contributed by atoms with Gasteiger partial charge in [0.1, 0.15) is 22.3 Å². The van der Waals surface area contributed by atoms with E-state index < -0.39 is 0 Å². The van der Waals surface area contributed by atoms with Crippen LogP contribution in [0.2, 0.25) is 0 Å². The Kier molecular flexibility index (Phi) is 4.52. The van der Waals surface area contributed by atoms with Crippen molar-refractivity contribution in [3.05, 3.63) is 127 Å². The first-order valence-corrected chi connectivity index (χ1v) is 12.7. The van der Waals surface area contributed by atoms with Gasteiger partial charge in [0.15, 0.2) is 0 Å². The normalized spacial score (nSPS) is 11.7. The Bertz CT molecular complexity index is 2060. The zero-order valence-electron chi connectivity index (χ0n) is 20.4. The van der Waals surface area contributed by atoms with Gasteiger partial charge in [0.25, 0.3) is 0 Å². The molecule has 0 aliphatic rings. The van der Waals surface area contributed by atoms with E-state index in [9.17, 15) is 0 Å². The fourth-order valence-electron chi connectivity index (χ4n) is 5.52. The van der Waals surface area contributed by atoms with Gasteiger partial charge in [-0.2, -0.15) is 0 Å². The van der Waals surface area contributed by atoms with Crippen LogP contribution in [0.1, 0.15) is 0 Å². The molecule has 0 amide bonds. The number of nitrogens with zero attached hydrogens (tertiary/aromatic N) is 1. The minimum Gasteiger partial charge on any atom is -0.456 e. The molecule has 8 rings (SSSR count). The lowest BCUT2D eigenvalue weighted by Crippen LogP contribution is -1.91. The molecule has 0 saturated carbocycles. The topological polar surface area (TPSA) is 39.2 Å². The number of rotatable bonds is 3. The number of para-hydroxylation sites is 2. The summed E-state index contributed by atoms with van der Waals surface area (Å²) < 4.78 is 13.0. The number of aromatic nitrogens is 1. The van der Waals surface area contributed by atoms with E-state index in [0.29, 0.717) is 0 Å². The molecule has 5 aromatic carbocycles. The van der Waals surface area contributed by atoms with E-state index in [-0.39, 0.29) is 0 Å². The predicted octanol–water partition coefficient (Wildman–Crippen LogP) is 9.88. The number of hydrogen-bond donors (Lipinski definition) is 0. The van der Waals surface area contributed by atoms with Crippen LogP contribution in [-0.2, 0) is 0 Å². The van der Waals surface area contributed by atoms with Gasteiger partial charge in [-0.25, -0.2) is 4.98 Å². The number of benzene rings is 5. The second-order valence-electron chi connectivity index (χ2n) is 9.56. The molecule has 0 saturated heterocycles. The maximum atomic E-state index is 6.59. The largest absolute Gasteiger partial charge is 0.456 e. The van der Waals surface area contributed by atoms with Crippen LogP contribution in [0.5, 0.6) is 0 Å². The van der Waals surface area contributed by atoms with Crippen molar-refractivity contribution in [2.75, 3.05) is 0 Å². The molecule has 0 spiro atoms. The lowest BCUT2D eigenvalue weighted by molar-refractivity contribution is 0.664. The van der Waals surface area contributed by atoms with E-state index in [0.717, 1.165) is 77.5 Å². The van der Waals surface area contributed by atoms with Crippen LogP contribution >= 0.6 is 0 Å². The molecule has 178 valence electrons. The molecule has 8 aromatic rings. The Morgan fingerprint density at radius 2 is 0.947 bits per heavy atom. The Hall–Kier alpha value is -5.15. The number of furan rings is 2. The molecule has 0 bridgehead atoms.